The molecule has 0 aromatic heterocycles. The molecule has 0 saturated heterocycles. The summed E-state index contributed by atoms with van der Waals surface area (Å²) in [5, 5.41) is 9.49. The minimum Gasteiger partial charge on any atom is -0.379 e. The third-order valence-electron chi connectivity index (χ3n) is 3.63. The summed E-state index contributed by atoms with van der Waals surface area (Å²) >= 11 is 0. The first kappa shape index (κ1) is 17.2. The van der Waals surface area contributed by atoms with Crippen molar-refractivity contribution in [3.63, 3.8) is 0 Å². The van der Waals surface area contributed by atoms with Gasteiger partial charge >= 0.3 is 0 Å². The Morgan fingerprint density at radius 2 is 1.87 bits per heavy atom. The highest BCUT2D eigenvalue weighted by molar-refractivity contribution is 7.90. The van der Waals surface area contributed by atoms with E-state index in [1.54, 1.807) is 6.07 Å². The fourth-order valence-electron chi connectivity index (χ4n) is 2.52. The van der Waals surface area contributed by atoms with E-state index in [9.17, 15) is 23.3 Å². The zero-order valence-corrected chi connectivity index (χ0v) is 13.1. The number of nitrogens with one attached hydrogen (secondary N) is 1. The SMILES string of the molecule is COC1CC(C(=O)NS(=O)(=O)c2ccccc2)C[C@@H]1O[N+](=O)[O-]. The number of rotatable bonds is 6. The Labute approximate surface area is 132 Å². The van der Waals surface area contributed by atoms with Crippen LogP contribution in [0.3, 0.4) is 0 Å². The number of methoxy groups -OCH3 is 1. The van der Waals surface area contributed by atoms with Crippen molar-refractivity contribution in [2.24, 2.45) is 5.92 Å². The Morgan fingerprint density at radius 1 is 1.26 bits per heavy atom. The van der Waals surface area contributed by atoms with Gasteiger partial charge < -0.3 is 9.57 Å². The van der Waals surface area contributed by atoms with Crippen molar-refractivity contribution < 1.29 is 27.9 Å². The van der Waals surface area contributed by atoms with Crippen LogP contribution in [0.2, 0.25) is 0 Å². The van der Waals surface area contributed by atoms with Gasteiger partial charge in [0.05, 0.1) is 11.0 Å². The van der Waals surface area contributed by atoms with Gasteiger partial charge in [-0.3, -0.25) is 4.79 Å². The Balaban J connectivity index is 2.05. The standard InChI is InChI=1S/C13H16N2O7S/c1-21-11-7-9(8-12(11)22-15(17)18)13(16)14-23(19,20)10-5-3-2-4-6-10/h2-6,9,11-12H,7-8H2,1H3,(H,14,16)/t9?,11?,12-/m0/s1. The van der Waals surface area contributed by atoms with Crippen molar-refractivity contribution >= 4 is 15.9 Å². The first-order valence-corrected chi connectivity index (χ1v) is 8.27. The summed E-state index contributed by atoms with van der Waals surface area (Å²) in [5.74, 6) is -1.48. The van der Waals surface area contributed by atoms with Crippen LogP contribution in [-0.4, -0.2) is 38.7 Å². The molecule has 2 unspecified atom stereocenters. The maximum Gasteiger partial charge on any atom is 0.294 e. The largest absolute Gasteiger partial charge is 0.379 e. The van der Waals surface area contributed by atoms with E-state index in [4.69, 9.17) is 4.74 Å². The Morgan fingerprint density at radius 3 is 2.43 bits per heavy atom. The first-order chi connectivity index (χ1) is 10.8. The summed E-state index contributed by atoms with van der Waals surface area (Å²) in [6.45, 7) is 0. The molecule has 1 amide bonds. The molecule has 3 atom stereocenters. The van der Waals surface area contributed by atoms with Gasteiger partial charge in [-0.2, -0.15) is 0 Å². The number of carbonyl (C=O) groups is 1. The highest BCUT2D eigenvalue weighted by atomic mass is 32.2. The lowest BCUT2D eigenvalue weighted by Gasteiger charge is -2.14. The third-order valence-corrected chi connectivity index (χ3v) is 4.99. The van der Waals surface area contributed by atoms with Crippen LogP contribution in [0.1, 0.15) is 12.8 Å². The second kappa shape index (κ2) is 6.92. The van der Waals surface area contributed by atoms with Gasteiger partial charge in [0.25, 0.3) is 15.1 Å². The highest BCUT2D eigenvalue weighted by Crippen LogP contribution is 2.30. The van der Waals surface area contributed by atoms with Gasteiger partial charge in [0, 0.05) is 13.0 Å². The molecule has 1 fully saturated rings. The van der Waals surface area contributed by atoms with E-state index in [0.717, 1.165) is 0 Å². The van der Waals surface area contributed by atoms with Crippen LogP contribution in [0.5, 0.6) is 0 Å². The summed E-state index contributed by atoms with van der Waals surface area (Å²) in [6, 6.07) is 7.45. The van der Waals surface area contributed by atoms with E-state index in [1.165, 1.54) is 31.4 Å². The third kappa shape index (κ3) is 4.17. The molecule has 0 aliphatic heterocycles. The highest BCUT2D eigenvalue weighted by Gasteiger charge is 2.41. The van der Waals surface area contributed by atoms with Crippen LogP contribution in [0.15, 0.2) is 35.2 Å². The van der Waals surface area contributed by atoms with Crippen LogP contribution in [0, 0.1) is 16.0 Å². The van der Waals surface area contributed by atoms with Gasteiger partial charge in [-0.25, -0.2) is 13.1 Å². The topological polar surface area (TPSA) is 125 Å². The van der Waals surface area contributed by atoms with E-state index in [-0.39, 0.29) is 17.7 Å². The molecule has 0 heterocycles. The number of nitrogens with zero attached hydrogens (tertiary/aromatic N) is 1. The van der Waals surface area contributed by atoms with E-state index in [1.807, 2.05) is 4.72 Å². The van der Waals surface area contributed by atoms with Crippen molar-refractivity contribution in [1.82, 2.24) is 4.72 Å². The van der Waals surface area contributed by atoms with E-state index in [2.05, 4.69) is 4.84 Å². The number of benzene rings is 1. The molecule has 2 rings (SSSR count). The van der Waals surface area contributed by atoms with Crippen molar-refractivity contribution in [2.45, 2.75) is 29.9 Å². The van der Waals surface area contributed by atoms with Crippen molar-refractivity contribution in [2.75, 3.05) is 7.11 Å². The van der Waals surface area contributed by atoms with Crippen LogP contribution >= 0.6 is 0 Å². The molecule has 1 aliphatic carbocycles. The van der Waals surface area contributed by atoms with E-state index in [0.29, 0.717) is 0 Å². The molecule has 0 spiro atoms. The average Bonchev–Trinajstić information content (AvgIpc) is 2.90. The molecule has 0 bridgehead atoms. The number of carbonyl (C=O) groups excluding carboxylic acids is 1. The zero-order valence-electron chi connectivity index (χ0n) is 12.2. The molecule has 1 saturated carbocycles. The minimum atomic E-state index is -3.98. The predicted octanol–water partition coefficient (Wildman–Crippen LogP) is 0.493. The number of amides is 1. The number of hydrogen-bond acceptors (Lipinski definition) is 7. The van der Waals surface area contributed by atoms with Gasteiger partial charge in [-0.1, -0.05) is 18.2 Å². The lowest BCUT2D eigenvalue weighted by Crippen LogP contribution is -2.35. The fourth-order valence-corrected chi connectivity index (χ4v) is 3.58. The van der Waals surface area contributed by atoms with Crippen molar-refractivity contribution in [3.05, 3.63) is 40.4 Å². The van der Waals surface area contributed by atoms with Gasteiger partial charge in [0.1, 0.15) is 6.10 Å². The molecule has 1 N–H and O–H groups in total. The van der Waals surface area contributed by atoms with Crippen LogP contribution in [0.4, 0.5) is 0 Å². The van der Waals surface area contributed by atoms with Crippen LogP contribution < -0.4 is 4.72 Å². The molecule has 1 aromatic rings. The number of ether oxygens (including phenoxy) is 1. The average molecular weight is 344 g/mol. The molecule has 23 heavy (non-hydrogen) atoms. The molecular formula is C13H16N2O7S. The lowest BCUT2D eigenvalue weighted by atomic mass is 10.1. The Hall–Kier alpha value is -2.20. The van der Waals surface area contributed by atoms with E-state index < -0.39 is 39.1 Å². The zero-order chi connectivity index (χ0) is 17.0. The molecule has 1 aromatic carbocycles. The normalized spacial score (nSPS) is 24.1. The summed E-state index contributed by atoms with van der Waals surface area (Å²) in [5.41, 5.74) is 0. The van der Waals surface area contributed by atoms with E-state index >= 15 is 0 Å². The second-order valence-corrected chi connectivity index (χ2v) is 6.78. The quantitative estimate of drug-likeness (QED) is 0.588. The van der Waals surface area contributed by atoms with Gasteiger partial charge in [-0.15, -0.1) is 10.1 Å². The number of hydrogen-bond donors (Lipinski definition) is 1. The molecule has 9 nitrogen and oxygen atoms in total. The molecule has 10 heteroatoms. The summed E-state index contributed by atoms with van der Waals surface area (Å²) in [7, 11) is -2.63. The maximum atomic E-state index is 12.2. The molecule has 0 radical (unpaired) electrons. The fraction of sp³-hybridized carbons (Fsp3) is 0.462. The van der Waals surface area contributed by atoms with Crippen molar-refractivity contribution in [1.29, 1.82) is 0 Å². The monoisotopic (exact) mass is 344 g/mol. The van der Waals surface area contributed by atoms with Crippen molar-refractivity contribution in [3.8, 4) is 0 Å². The summed E-state index contributed by atoms with van der Waals surface area (Å²) in [6.07, 6.45) is -1.39. The second-order valence-electron chi connectivity index (χ2n) is 5.09. The lowest BCUT2D eigenvalue weighted by molar-refractivity contribution is -0.770. The maximum absolute atomic E-state index is 12.2. The van der Waals surface area contributed by atoms with Crippen LogP contribution in [-0.2, 0) is 24.4 Å². The van der Waals surface area contributed by atoms with Gasteiger partial charge in [0.2, 0.25) is 5.91 Å². The first-order valence-electron chi connectivity index (χ1n) is 6.79. The Kier molecular flexibility index (Phi) is 5.16. The summed E-state index contributed by atoms with van der Waals surface area (Å²) < 4.78 is 31.3. The summed E-state index contributed by atoms with van der Waals surface area (Å²) in [4.78, 5) is 27.0. The van der Waals surface area contributed by atoms with Gasteiger partial charge in [-0.05, 0) is 25.0 Å². The molecule has 126 valence electrons. The number of sulfonamides is 1. The van der Waals surface area contributed by atoms with Gasteiger partial charge in [0.15, 0.2) is 0 Å². The minimum absolute atomic E-state index is 0.00955. The smallest absolute Gasteiger partial charge is 0.294 e. The van der Waals surface area contributed by atoms with Crippen LogP contribution in [0.25, 0.3) is 0 Å². The molecular weight excluding hydrogens is 328 g/mol. The predicted molar refractivity (Wildman–Crippen MR) is 77.2 cm³/mol. The molecule has 1 aliphatic rings. The Bertz CT molecular complexity index is 677.